The van der Waals surface area contributed by atoms with E-state index in [1.807, 2.05) is 18.2 Å². The van der Waals surface area contributed by atoms with Crippen LogP contribution in [0.1, 0.15) is 30.0 Å². The Balaban J connectivity index is 1.59. The van der Waals surface area contributed by atoms with Gasteiger partial charge < -0.3 is 15.1 Å². The smallest absolute Gasteiger partial charge is 0.0995 e. The maximum atomic E-state index is 11.0. The van der Waals surface area contributed by atoms with Crippen LogP contribution in [0.15, 0.2) is 42.5 Å². The highest BCUT2D eigenvalue weighted by Crippen LogP contribution is 2.29. The lowest BCUT2D eigenvalue weighted by atomic mass is 9.93. The van der Waals surface area contributed by atoms with Crippen LogP contribution in [-0.4, -0.2) is 54.4 Å². The number of aryl methyl sites for hydroxylation is 1. The van der Waals surface area contributed by atoms with E-state index in [1.165, 1.54) is 0 Å². The molecule has 6 heteroatoms. The Morgan fingerprint density at radius 2 is 1.90 bits per heavy atom. The summed E-state index contributed by atoms with van der Waals surface area (Å²) >= 11 is 6.51. The molecule has 1 aliphatic heterocycles. The summed E-state index contributed by atoms with van der Waals surface area (Å²) in [4.78, 5) is 4.53. The maximum Gasteiger partial charge on any atom is 0.0995 e. The number of aliphatic hydroxyl groups excluding tert-OH is 1. The fourth-order valence-electron chi connectivity index (χ4n) is 3.84. The van der Waals surface area contributed by atoms with Gasteiger partial charge in [0.15, 0.2) is 0 Å². The zero-order valence-electron chi connectivity index (χ0n) is 16.8. The summed E-state index contributed by atoms with van der Waals surface area (Å²) in [5, 5.41) is 29.8. The molecule has 0 amide bonds. The Morgan fingerprint density at radius 1 is 1.14 bits per heavy atom. The number of nitrogens with zero attached hydrogens (tertiary/aromatic N) is 3. The quantitative estimate of drug-likeness (QED) is 0.729. The van der Waals surface area contributed by atoms with E-state index < -0.39 is 5.60 Å². The lowest BCUT2D eigenvalue weighted by Gasteiger charge is -2.39. The molecule has 1 heterocycles. The monoisotopic (exact) mass is 413 g/mol. The minimum Gasteiger partial charge on any atom is -0.396 e. The second kappa shape index (κ2) is 9.60. The molecule has 1 fully saturated rings. The van der Waals surface area contributed by atoms with Gasteiger partial charge in [-0.3, -0.25) is 4.90 Å². The summed E-state index contributed by atoms with van der Waals surface area (Å²) < 4.78 is 0. The number of β-amino-alcohol motifs (C(OH)–C–C–N with tert-alkyl or cyclic N) is 1. The number of anilines is 1. The van der Waals surface area contributed by atoms with Gasteiger partial charge in [0, 0.05) is 39.3 Å². The molecule has 154 valence electrons. The lowest BCUT2D eigenvalue weighted by Crippen LogP contribution is -2.50. The number of halogens is 1. The molecular formula is C23H28ClN3O2. The third-order valence-electron chi connectivity index (χ3n) is 5.49. The molecule has 2 aromatic carbocycles. The summed E-state index contributed by atoms with van der Waals surface area (Å²) in [5.41, 5.74) is 2.49. The molecule has 3 rings (SSSR count). The highest BCUT2D eigenvalue weighted by Gasteiger charge is 2.29. The van der Waals surface area contributed by atoms with E-state index in [4.69, 9.17) is 22.0 Å². The minimum atomic E-state index is -1.01. The molecular weight excluding hydrogens is 386 g/mol. The van der Waals surface area contributed by atoms with Gasteiger partial charge in [-0.2, -0.15) is 5.26 Å². The Labute approximate surface area is 177 Å². The molecule has 1 atom stereocenters. The van der Waals surface area contributed by atoms with Crippen LogP contribution in [0.4, 0.5) is 5.69 Å². The molecule has 2 N–H and O–H groups in total. The SMILES string of the molecule is CC(O)(CN1CCN(c2ccc(CCCO)cc2Cl)CC1)c1cccc(C#N)c1. The first kappa shape index (κ1) is 21.6. The van der Waals surface area contributed by atoms with Crippen molar-refractivity contribution >= 4 is 17.3 Å². The van der Waals surface area contributed by atoms with Gasteiger partial charge in [-0.1, -0.05) is 29.8 Å². The van der Waals surface area contributed by atoms with Gasteiger partial charge in [0.1, 0.15) is 0 Å². The molecule has 2 aromatic rings. The van der Waals surface area contributed by atoms with E-state index >= 15 is 0 Å². The molecule has 0 bridgehead atoms. The van der Waals surface area contributed by atoms with E-state index in [0.717, 1.165) is 60.9 Å². The molecule has 0 aromatic heterocycles. The van der Waals surface area contributed by atoms with Crippen molar-refractivity contribution in [2.75, 3.05) is 44.2 Å². The number of hydrogen-bond donors (Lipinski definition) is 2. The van der Waals surface area contributed by atoms with Crippen molar-refractivity contribution in [1.29, 1.82) is 5.26 Å². The largest absolute Gasteiger partial charge is 0.396 e. The summed E-state index contributed by atoms with van der Waals surface area (Å²) in [6, 6.07) is 15.5. The van der Waals surface area contributed by atoms with Gasteiger partial charge in [-0.15, -0.1) is 0 Å². The molecule has 1 aliphatic rings. The predicted octanol–water partition coefficient (Wildman–Crippen LogP) is 3.17. The topological polar surface area (TPSA) is 70.7 Å². The van der Waals surface area contributed by atoms with Crippen molar-refractivity contribution in [3.8, 4) is 6.07 Å². The fourth-order valence-corrected chi connectivity index (χ4v) is 4.17. The Bertz CT molecular complexity index is 871. The van der Waals surface area contributed by atoms with E-state index in [-0.39, 0.29) is 6.61 Å². The average Bonchev–Trinajstić information content (AvgIpc) is 2.73. The van der Waals surface area contributed by atoms with Crippen LogP contribution in [0.25, 0.3) is 0 Å². The average molecular weight is 414 g/mol. The number of aliphatic hydroxyl groups is 2. The van der Waals surface area contributed by atoms with Crippen LogP contribution in [0.2, 0.25) is 5.02 Å². The Morgan fingerprint density at radius 3 is 2.55 bits per heavy atom. The summed E-state index contributed by atoms with van der Waals surface area (Å²) in [5.74, 6) is 0. The van der Waals surface area contributed by atoms with Gasteiger partial charge in [0.05, 0.1) is 27.9 Å². The van der Waals surface area contributed by atoms with E-state index in [1.54, 1.807) is 19.1 Å². The van der Waals surface area contributed by atoms with Crippen molar-refractivity contribution < 1.29 is 10.2 Å². The zero-order chi connectivity index (χ0) is 20.9. The molecule has 0 radical (unpaired) electrons. The Hall–Kier alpha value is -2.10. The second-order valence-electron chi connectivity index (χ2n) is 7.84. The maximum absolute atomic E-state index is 11.0. The van der Waals surface area contributed by atoms with E-state index in [9.17, 15) is 5.11 Å². The number of hydrogen-bond acceptors (Lipinski definition) is 5. The normalized spacial score (nSPS) is 17.0. The lowest BCUT2D eigenvalue weighted by molar-refractivity contribution is 0.0143. The van der Waals surface area contributed by atoms with Crippen molar-refractivity contribution in [3.05, 3.63) is 64.2 Å². The molecule has 1 unspecified atom stereocenters. The van der Waals surface area contributed by atoms with Crippen LogP contribution in [0.5, 0.6) is 0 Å². The van der Waals surface area contributed by atoms with E-state index in [2.05, 4.69) is 28.0 Å². The van der Waals surface area contributed by atoms with Crippen LogP contribution in [0, 0.1) is 11.3 Å². The van der Waals surface area contributed by atoms with Gasteiger partial charge in [0.2, 0.25) is 0 Å². The first-order valence-corrected chi connectivity index (χ1v) is 10.4. The summed E-state index contributed by atoms with van der Waals surface area (Å²) in [6.45, 7) is 5.84. The second-order valence-corrected chi connectivity index (χ2v) is 8.25. The number of nitriles is 1. The van der Waals surface area contributed by atoms with Gasteiger partial charge in [-0.25, -0.2) is 0 Å². The fraction of sp³-hybridized carbons (Fsp3) is 0.435. The minimum absolute atomic E-state index is 0.186. The molecule has 0 saturated carbocycles. The highest BCUT2D eigenvalue weighted by molar-refractivity contribution is 6.33. The van der Waals surface area contributed by atoms with E-state index in [0.29, 0.717) is 12.1 Å². The molecule has 0 spiro atoms. The molecule has 1 saturated heterocycles. The van der Waals surface area contributed by atoms with Crippen LogP contribution >= 0.6 is 11.6 Å². The van der Waals surface area contributed by atoms with Crippen molar-refractivity contribution in [2.24, 2.45) is 0 Å². The highest BCUT2D eigenvalue weighted by atomic mass is 35.5. The molecule has 0 aliphatic carbocycles. The predicted molar refractivity (Wildman–Crippen MR) is 116 cm³/mol. The Kier molecular flexibility index (Phi) is 7.15. The van der Waals surface area contributed by atoms with Gasteiger partial charge >= 0.3 is 0 Å². The number of benzene rings is 2. The van der Waals surface area contributed by atoms with Crippen molar-refractivity contribution in [1.82, 2.24) is 4.90 Å². The summed E-state index contributed by atoms with van der Waals surface area (Å²) in [6.07, 6.45) is 1.57. The first-order chi connectivity index (χ1) is 13.9. The van der Waals surface area contributed by atoms with Crippen molar-refractivity contribution in [2.45, 2.75) is 25.4 Å². The van der Waals surface area contributed by atoms with Crippen LogP contribution < -0.4 is 4.90 Å². The third-order valence-corrected chi connectivity index (χ3v) is 5.80. The van der Waals surface area contributed by atoms with Crippen LogP contribution in [0.3, 0.4) is 0 Å². The zero-order valence-corrected chi connectivity index (χ0v) is 17.6. The van der Waals surface area contributed by atoms with Crippen LogP contribution in [-0.2, 0) is 12.0 Å². The third kappa shape index (κ3) is 5.49. The van der Waals surface area contributed by atoms with Crippen molar-refractivity contribution in [3.63, 3.8) is 0 Å². The number of rotatable bonds is 7. The standard InChI is InChI=1S/C23H28ClN3O2/c1-23(29,20-6-2-4-19(14-20)16-25)17-26-9-11-27(12-10-26)22-8-7-18(5-3-13-28)15-21(22)24/h2,4,6-8,14-15,28-29H,3,5,9-13,17H2,1H3. The molecule has 29 heavy (non-hydrogen) atoms. The van der Waals surface area contributed by atoms with Gasteiger partial charge in [-0.05, 0) is 55.2 Å². The molecule has 5 nitrogen and oxygen atoms in total. The number of piperazine rings is 1. The van der Waals surface area contributed by atoms with Gasteiger partial charge in [0.25, 0.3) is 0 Å². The summed E-state index contributed by atoms with van der Waals surface area (Å²) in [7, 11) is 0. The first-order valence-electron chi connectivity index (χ1n) is 10.0.